The van der Waals surface area contributed by atoms with Crippen LogP contribution in [0.4, 0.5) is 5.00 Å². The second kappa shape index (κ2) is 9.16. The van der Waals surface area contributed by atoms with Crippen LogP contribution in [0.5, 0.6) is 0 Å². The Hall–Kier alpha value is -3.45. The second-order valence-corrected chi connectivity index (χ2v) is 7.45. The van der Waals surface area contributed by atoms with Crippen LogP contribution in [-0.2, 0) is 13.0 Å². The van der Waals surface area contributed by atoms with Gasteiger partial charge in [-0.15, -0.1) is 11.3 Å². The molecule has 0 saturated carbocycles. The number of carbonyl (C=O) groups is 3. The topological polar surface area (TPSA) is 95.5 Å². The van der Waals surface area contributed by atoms with E-state index in [9.17, 15) is 14.4 Å². The van der Waals surface area contributed by atoms with E-state index in [1.807, 2.05) is 37.3 Å². The molecule has 148 valence electrons. The van der Waals surface area contributed by atoms with Crippen molar-refractivity contribution in [1.82, 2.24) is 5.32 Å². The maximum Gasteiger partial charge on any atom is 0.335 e. The SMILES string of the molecule is CCc1cc(C(=O)NCc2ccccc2)c(NC(=O)c2ccc(C(=O)O)cc2)s1. The van der Waals surface area contributed by atoms with E-state index in [0.29, 0.717) is 22.7 Å². The Kier molecular flexibility index (Phi) is 6.41. The number of carboxylic acid groups (broad SMARTS) is 1. The molecule has 0 bridgehead atoms. The normalized spacial score (nSPS) is 10.4. The van der Waals surface area contributed by atoms with Crippen LogP contribution in [0.1, 0.15) is 48.4 Å². The third kappa shape index (κ3) is 5.08. The molecule has 0 aliphatic carbocycles. The molecule has 0 aliphatic rings. The fraction of sp³-hybridized carbons (Fsp3) is 0.136. The van der Waals surface area contributed by atoms with Crippen LogP contribution in [0, 0.1) is 0 Å². The van der Waals surface area contributed by atoms with Gasteiger partial charge in [0.05, 0.1) is 11.1 Å². The fourth-order valence-electron chi connectivity index (χ4n) is 2.69. The van der Waals surface area contributed by atoms with Crippen molar-refractivity contribution in [3.63, 3.8) is 0 Å². The lowest BCUT2D eigenvalue weighted by Gasteiger charge is -2.08. The van der Waals surface area contributed by atoms with Gasteiger partial charge in [-0.25, -0.2) is 4.79 Å². The molecule has 3 aromatic rings. The summed E-state index contributed by atoms with van der Waals surface area (Å²) in [7, 11) is 0. The van der Waals surface area contributed by atoms with Crippen molar-refractivity contribution in [3.8, 4) is 0 Å². The first-order chi connectivity index (χ1) is 14.0. The minimum Gasteiger partial charge on any atom is -0.478 e. The summed E-state index contributed by atoms with van der Waals surface area (Å²) in [6, 6.07) is 17.0. The summed E-state index contributed by atoms with van der Waals surface area (Å²) in [5.74, 6) is -1.72. The molecular formula is C22H20N2O4S. The van der Waals surface area contributed by atoms with Gasteiger partial charge in [-0.2, -0.15) is 0 Å². The van der Waals surface area contributed by atoms with Gasteiger partial charge in [-0.1, -0.05) is 37.3 Å². The molecule has 0 spiro atoms. The lowest BCUT2D eigenvalue weighted by molar-refractivity contribution is 0.0696. The predicted molar refractivity (Wildman–Crippen MR) is 113 cm³/mol. The molecule has 0 radical (unpaired) electrons. The average molecular weight is 408 g/mol. The largest absolute Gasteiger partial charge is 0.478 e. The molecule has 0 saturated heterocycles. The highest BCUT2D eigenvalue weighted by Gasteiger charge is 2.18. The monoisotopic (exact) mass is 408 g/mol. The molecule has 0 atom stereocenters. The Morgan fingerprint density at radius 1 is 0.931 bits per heavy atom. The van der Waals surface area contributed by atoms with E-state index in [4.69, 9.17) is 5.11 Å². The maximum absolute atomic E-state index is 12.7. The molecule has 1 heterocycles. The highest BCUT2D eigenvalue weighted by atomic mass is 32.1. The Labute approximate surface area is 172 Å². The van der Waals surface area contributed by atoms with Crippen molar-refractivity contribution in [2.45, 2.75) is 19.9 Å². The van der Waals surface area contributed by atoms with E-state index in [1.54, 1.807) is 6.07 Å². The number of aryl methyl sites for hydroxylation is 1. The maximum atomic E-state index is 12.7. The number of aromatic carboxylic acids is 1. The summed E-state index contributed by atoms with van der Waals surface area (Å²) in [6.45, 7) is 2.37. The number of thiophene rings is 1. The molecule has 2 amide bonds. The van der Waals surface area contributed by atoms with Gasteiger partial charge in [0.25, 0.3) is 11.8 Å². The number of nitrogens with one attached hydrogen (secondary N) is 2. The van der Waals surface area contributed by atoms with Gasteiger partial charge in [0.15, 0.2) is 0 Å². The molecule has 0 unspecified atom stereocenters. The minimum absolute atomic E-state index is 0.104. The summed E-state index contributed by atoms with van der Waals surface area (Å²) in [5, 5.41) is 15.1. The van der Waals surface area contributed by atoms with Gasteiger partial charge in [0, 0.05) is 17.0 Å². The lowest BCUT2D eigenvalue weighted by Crippen LogP contribution is -2.24. The zero-order valence-corrected chi connectivity index (χ0v) is 16.6. The van der Waals surface area contributed by atoms with E-state index >= 15 is 0 Å². The van der Waals surface area contributed by atoms with E-state index in [-0.39, 0.29) is 11.5 Å². The molecule has 29 heavy (non-hydrogen) atoms. The third-order valence-electron chi connectivity index (χ3n) is 4.29. The van der Waals surface area contributed by atoms with E-state index < -0.39 is 11.9 Å². The first-order valence-electron chi connectivity index (χ1n) is 9.07. The van der Waals surface area contributed by atoms with Crippen LogP contribution < -0.4 is 10.6 Å². The van der Waals surface area contributed by atoms with Crippen molar-refractivity contribution in [3.05, 3.63) is 87.8 Å². The number of anilines is 1. The Morgan fingerprint density at radius 3 is 2.21 bits per heavy atom. The number of hydrogen-bond donors (Lipinski definition) is 3. The number of benzene rings is 2. The number of amides is 2. The number of carboxylic acids is 1. The van der Waals surface area contributed by atoms with Crippen LogP contribution in [-0.4, -0.2) is 22.9 Å². The van der Waals surface area contributed by atoms with E-state index in [1.165, 1.54) is 35.6 Å². The summed E-state index contributed by atoms with van der Waals surface area (Å²) >= 11 is 1.35. The van der Waals surface area contributed by atoms with Crippen molar-refractivity contribution < 1.29 is 19.5 Å². The molecule has 2 aromatic carbocycles. The van der Waals surface area contributed by atoms with Crippen LogP contribution in [0.25, 0.3) is 0 Å². The lowest BCUT2D eigenvalue weighted by atomic mass is 10.1. The molecule has 0 fully saturated rings. The highest BCUT2D eigenvalue weighted by molar-refractivity contribution is 7.16. The summed E-state index contributed by atoms with van der Waals surface area (Å²) < 4.78 is 0. The predicted octanol–water partition coefficient (Wildman–Crippen LogP) is 4.19. The van der Waals surface area contributed by atoms with Crippen molar-refractivity contribution in [2.24, 2.45) is 0 Å². The van der Waals surface area contributed by atoms with Gasteiger partial charge < -0.3 is 15.7 Å². The van der Waals surface area contributed by atoms with Crippen LogP contribution in [0.15, 0.2) is 60.7 Å². The third-order valence-corrected chi connectivity index (χ3v) is 5.49. The molecule has 0 aliphatic heterocycles. The zero-order chi connectivity index (χ0) is 20.8. The molecule has 6 nitrogen and oxygen atoms in total. The molecule has 1 aromatic heterocycles. The minimum atomic E-state index is -1.06. The zero-order valence-electron chi connectivity index (χ0n) is 15.8. The van der Waals surface area contributed by atoms with Crippen molar-refractivity contribution >= 4 is 34.1 Å². The molecule has 3 rings (SSSR count). The Balaban J connectivity index is 1.74. The van der Waals surface area contributed by atoms with Crippen LogP contribution in [0.3, 0.4) is 0 Å². The van der Waals surface area contributed by atoms with Gasteiger partial charge in [0.2, 0.25) is 0 Å². The smallest absolute Gasteiger partial charge is 0.335 e. The van der Waals surface area contributed by atoms with E-state index in [0.717, 1.165) is 16.9 Å². The Bertz CT molecular complexity index is 1030. The average Bonchev–Trinajstić information content (AvgIpc) is 3.15. The van der Waals surface area contributed by atoms with Crippen LogP contribution in [0.2, 0.25) is 0 Å². The highest BCUT2D eigenvalue weighted by Crippen LogP contribution is 2.29. The number of carbonyl (C=O) groups excluding carboxylic acids is 2. The summed E-state index contributed by atoms with van der Waals surface area (Å²) in [5.41, 5.74) is 1.82. The molecular weight excluding hydrogens is 388 g/mol. The quantitative estimate of drug-likeness (QED) is 0.546. The van der Waals surface area contributed by atoms with E-state index in [2.05, 4.69) is 10.6 Å². The van der Waals surface area contributed by atoms with Gasteiger partial charge in [0.1, 0.15) is 5.00 Å². The standard InChI is InChI=1S/C22H20N2O4S/c1-2-17-12-18(20(26)23-13-14-6-4-3-5-7-14)21(29-17)24-19(25)15-8-10-16(11-9-15)22(27)28/h3-12H,2,13H2,1H3,(H,23,26)(H,24,25)(H,27,28). The van der Waals surface area contributed by atoms with Crippen LogP contribution >= 0.6 is 11.3 Å². The summed E-state index contributed by atoms with van der Waals surface area (Å²) in [4.78, 5) is 37.2. The van der Waals surface area contributed by atoms with Gasteiger partial charge in [-0.3, -0.25) is 9.59 Å². The number of hydrogen-bond acceptors (Lipinski definition) is 4. The second-order valence-electron chi connectivity index (χ2n) is 6.31. The first-order valence-corrected chi connectivity index (χ1v) is 9.89. The fourth-order valence-corrected chi connectivity index (χ4v) is 3.68. The summed E-state index contributed by atoms with van der Waals surface area (Å²) in [6.07, 6.45) is 0.743. The van der Waals surface area contributed by atoms with Crippen molar-refractivity contribution in [1.29, 1.82) is 0 Å². The number of rotatable bonds is 7. The van der Waals surface area contributed by atoms with Crippen molar-refractivity contribution in [2.75, 3.05) is 5.32 Å². The van der Waals surface area contributed by atoms with Gasteiger partial charge in [-0.05, 0) is 42.3 Å². The molecule has 3 N–H and O–H groups in total. The first kappa shape index (κ1) is 20.3. The van der Waals surface area contributed by atoms with Gasteiger partial charge >= 0.3 is 5.97 Å². The Morgan fingerprint density at radius 2 is 1.59 bits per heavy atom. The molecule has 7 heteroatoms.